The molecule has 1 aromatic heterocycles. The number of nitrogens with zero attached hydrogens (tertiary/aromatic N) is 2. The molecule has 3 rings (SSSR count). The molecule has 0 aliphatic carbocycles. The first-order chi connectivity index (χ1) is 10.7. The van der Waals surface area contributed by atoms with Crippen molar-refractivity contribution in [2.24, 2.45) is 0 Å². The van der Waals surface area contributed by atoms with Gasteiger partial charge in [-0.3, -0.25) is 4.79 Å². The molecule has 2 heterocycles. The van der Waals surface area contributed by atoms with Crippen molar-refractivity contribution in [3.63, 3.8) is 0 Å². The summed E-state index contributed by atoms with van der Waals surface area (Å²) >= 11 is 0. The second kappa shape index (κ2) is 6.56. The van der Waals surface area contributed by atoms with Gasteiger partial charge in [-0.05, 0) is 23.8 Å². The van der Waals surface area contributed by atoms with Gasteiger partial charge >= 0.3 is 0 Å². The molecule has 0 unspecified atom stereocenters. The van der Waals surface area contributed by atoms with Crippen LogP contribution < -0.4 is 4.74 Å². The molecule has 22 heavy (non-hydrogen) atoms. The highest BCUT2D eigenvalue weighted by atomic mass is 19.1. The smallest absolute Gasteiger partial charge is 0.227 e. The van der Waals surface area contributed by atoms with E-state index in [0.717, 1.165) is 12.0 Å². The van der Waals surface area contributed by atoms with Crippen molar-refractivity contribution in [3.8, 4) is 5.88 Å². The molecule has 1 atom stereocenters. The first-order valence-corrected chi connectivity index (χ1v) is 7.30. The van der Waals surface area contributed by atoms with Gasteiger partial charge in [-0.2, -0.15) is 0 Å². The third-order valence-electron chi connectivity index (χ3n) is 3.69. The van der Waals surface area contributed by atoms with Crippen molar-refractivity contribution in [1.29, 1.82) is 0 Å². The third-order valence-corrected chi connectivity index (χ3v) is 3.69. The van der Waals surface area contributed by atoms with E-state index in [1.54, 1.807) is 23.2 Å². The highest BCUT2D eigenvalue weighted by Gasteiger charge is 2.27. The summed E-state index contributed by atoms with van der Waals surface area (Å²) < 4.78 is 18.6. The van der Waals surface area contributed by atoms with Gasteiger partial charge in [0.25, 0.3) is 0 Å². The van der Waals surface area contributed by atoms with Crippen LogP contribution >= 0.6 is 0 Å². The van der Waals surface area contributed by atoms with E-state index in [-0.39, 0.29) is 24.2 Å². The zero-order valence-corrected chi connectivity index (χ0v) is 12.1. The van der Waals surface area contributed by atoms with Gasteiger partial charge in [-0.15, -0.1) is 0 Å². The Labute approximate surface area is 128 Å². The average molecular weight is 300 g/mol. The number of hydrogen-bond donors (Lipinski definition) is 0. The summed E-state index contributed by atoms with van der Waals surface area (Å²) in [7, 11) is 0. The van der Waals surface area contributed by atoms with Crippen LogP contribution in [0.4, 0.5) is 4.39 Å². The molecular weight excluding hydrogens is 283 g/mol. The van der Waals surface area contributed by atoms with E-state index >= 15 is 0 Å². The lowest BCUT2D eigenvalue weighted by atomic mass is 10.1. The molecule has 0 spiro atoms. The maximum absolute atomic E-state index is 12.9. The quantitative estimate of drug-likeness (QED) is 0.871. The van der Waals surface area contributed by atoms with Gasteiger partial charge in [0, 0.05) is 25.2 Å². The van der Waals surface area contributed by atoms with Crippen LogP contribution in [0.2, 0.25) is 0 Å². The van der Waals surface area contributed by atoms with E-state index in [2.05, 4.69) is 4.98 Å². The topological polar surface area (TPSA) is 42.4 Å². The lowest BCUT2D eigenvalue weighted by Gasteiger charge is -2.17. The van der Waals surface area contributed by atoms with Crippen molar-refractivity contribution in [1.82, 2.24) is 9.88 Å². The predicted molar refractivity (Wildman–Crippen MR) is 80.0 cm³/mol. The predicted octanol–water partition coefficient (Wildman–Crippen LogP) is 2.44. The number of amides is 1. The van der Waals surface area contributed by atoms with Crippen molar-refractivity contribution in [2.45, 2.75) is 18.9 Å². The highest BCUT2D eigenvalue weighted by molar-refractivity contribution is 5.79. The Morgan fingerprint density at radius 2 is 2.09 bits per heavy atom. The number of aromatic nitrogens is 1. The van der Waals surface area contributed by atoms with E-state index in [9.17, 15) is 9.18 Å². The lowest BCUT2D eigenvalue weighted by Crippen LogP contribution is -2.32. The average Bonchev–Trinajstić information content (AvgIpc) is 2.99. The first kappa shape index (κ1) is 14.5. The molecule has 1 amide bonds. The summed E-state index contributed by atoms with van der Waals surface area (Å²) in [4.78, 5) is 18.2. The summed E-state index contributed by atoms with van der Waals surface area (Å²) in [5, 5.41) is 0. The van der Waals surface area contributed by atoms with Crippen LogP contribution in [-0.2, 0) is 11.2 Å². The van der Waals surface area contributed by atoms with Crippen molar-refractivity contribution in [2.75, 3.05) is 13.1 Å². The monoisotopic (exact) mass is 300 g/mol. The Morgan fingerprint density at radius 1 is 1.27 bits per heavy atom. The van der Waals surface area contributed by atoms with E-state index in [4.69, 9.17) is 4.74 Å². The molecule has 1 fully saturated rings. The molecule has 0 radical (unpaired) electrons. The molecular formula is C17H17FN2O2. The summed E-state index contributed by atoms with van der Waals surface area (Å²) in [6.45, 7) is 1.24. The zero-order chi connectivity index (χ0) is 15.4. The minimum Gasteiger partial charge on any atom is -0.472 e. The molecule has 1 aromatic carbocycles. The fourth-order valence-electron chi connectivity index (χ4n) is 2.53. The van der Waals surface area contributed by atoms with Crippen LogP contribution in [0.25, 0.3) is 0 Å². The fourth-order valence-corrected chi connectivity index (χ4v) is 2.53. The summed E-state index contributed by atoms with van der Waals surface area (Å²) in [5.74, 6) is 0.334. The molecule has 1 saturated heterocycles. The normalized spacial score (nSPS) is 17.5. The van der Waals surface area contributed by atoms with Gasteiger partial charge in [-0.1, -0.05) is 18.2 Å². The largest absolute Gasteiger partial charge is 0.472 e. The zero-order valence-electron chi connectivity index (χ0n) is 12.1. The van der Waals surface area contributed by atoms with Crippen LogP contribution in [0.3, 0.4) is 0 Å². The number of hydrogen-bond acceptors (Lipinski definition) is 3. The van der Waals surface area contributed by atoms with E-state index in [1.807, 2.05) is 18.2 Å². The Bertz CT molecular complexity index is 631. The third kappa shape index (κ3) is 3.61. The van der Waals surface area contributed by atoms with E-state index < -0.39 is 0 Å². The number of pyridine rings is 1. The number of halogens is 1. The first-order valence-electron chi connectivity index (χ1n) is 7.30. The maximum Gasteiger partial charge on any atom is 0.227 e. The number of carbonyl (C=O) groups is 1. The van der Waals surface area contributed by atoms with Crippen LogP contribution in [0.15, 0.2) is 48.7 Å². The molecule has 1 aliphatic heterocycles. The Balaban J connectivity index is 1.53. The lowest BCUT2D eigenvalue weighted by molar-refractivity contribution is -0.129. The van der Waals surface area contributed by atoms with Gasteiger partial charge < -0.3 is 9.64 Å². The number of likely N-dealkylation sites (tertiary alicyclic amines) is 1. The minimum atomic E-state index is -0.291. The van der Waals surface area contributed by atoms with Gasteiger partial charge in [0.1, 0.15) is 11.9 Å². The standard InChI is InChI=1S/C17H17FN2O2/c18-14-6-4-13(5-7-14)11-17(21)20-10-8-15(12-20)22-16-3-1-2-9-19-16/h1-7,9,15H,8,10-12H2/t15-/m0/s1. The molecule has 114 valence electrons. The summed E-state index contributed by atoms with van der Waals surface area (Å²) in [5.41, 5.74) is 0.820. The summed E-state index contributed by atoms with van der Waals surface area (Å²) in [6.07, 6.45) is 2.75. The second-order valence-electron chi connectivity index (χ2n) is 5.34. The molecule has 2 aromatic rings. The molecule has 4 nitrogen and oxygen atoms in total. The van der Waals surface area contributed by atoms with Gasteiger partial charge in [0.05, 0.1) is 13.0 Å². The van der Waals surface area contributed by atoms with E-state index in [1.165, 1.54) is 12.1 Å². The van der Waals surface area contributed by atoms with Crippen LogP contribution in [-0.4, -0.2) is 35.0 Å². The number of benzene rings is 1. The molecule has 1 aliphatic rings. The van der Waals surface area contributed by atoms with Gasteiger partial charge in [0.2, 0.25) is 11.8 Å². The van der Waals surface area contributed by atoms with Gasteiger partial charge in [0.15, 0.2) is 0 Å². The van der Waals surface area contributed by atoms with Crippen molar-refractivity contribution >= 4 is 5.91 Å². The van der Waals surface area contributed by atoms with Crippen LogP contribution in [0, 0.1) is 5.82 Å². The van der Waals surface area contributed by atoms with Crippen LogP contribution in [0.1, 0.15) is 12.0 Å². The Morgan fingerprint density at radius 3 is 2.82 bits per heavy atom. The number of ether oxygens (including phenoxy) is 1. The van der Waals surface area contributed by atoms with E-state index in [0.29, 0.717) is 19.0 Å². The van der Waals surface area contributed by atoms with Crippen LogP contribution in [0.5, 0.6) is 5.88 Å². The van der Waals surface area contributed by atoms with Crippen molar-refractivity contribution in [3.05, 3.63) is 60.0 Å². The fraction of sp³-hybridized carbons (Fsp3) is 0.294. The summed E-state index contributed by atoms with van der Waals surface area (Å²) in [6, 6.07) is 11.5. The number of rotatable bonds is 4. The number of carbonyl (C=O) groups excluding carboxylic acids is 1. The Hall–Kier alpha value is -2.43. The molecule has 0 N–H and O–H groups in total. The molecule has 5 heteroatoms. The second-order valence-corrected chi connectivity index (χ2v) is 5.34. The SMILES string of the molecule is O=C(Cc1ccc(F)cc1)N1CC[C@H](Oc2ccccn2)C1. The minimum absolute atomic E-state index is 0.0212. The molecule has 0 bridgehead atoms. The van der Waals surface area contributed by atoms with Gasteiger partial charge in [-0.25, -0.2) is 9.37 Å². The molecule has 0 saturated carbocycles. The van der Waals surface area contributed by atoms with Crippen molar-refractivity contribution < 1.29 is 13.9 Å². The maximum atomic E-state index is 12.9. The Kier molecular flexibility index (Phi) is 4.32. The highest BCUT2D eigenvalue weighted by Crippen LogP contribution is 2.17.